The van der Waals surface area contributed by atoms with E-state index in [0.29, 0.717) is 29.7 Å². The van der Waals surface area contributed by atoms with E-state index >= 15 is 0 Å². The number of aromatic amines is 1. The molecule has 0 amide bonds. The number of thiophene rings is 2. The highest BCUT2D eigenvalue weighted by molar-refractivity contribution is 7.12. The molecule has 2 aromatic carbocycles. The molecule has 0 radical (unpaired) electrons. The minimum atomic E-state index is 0.433. The molecule has 256 valence electrons. The second-order valence-electron chi connectivity index (χ2n) is 13.6. The molecule has 10 heteroatoms. The number of nitrogens with zero attached hydrogens (tertiary/aromatic N) is 2. The maximum atomic E-state index is 8.62. The maximum absolute atomic E-state index is 8.62. The fourth-order valence-electron chi connectivity index (χ4n) is 7.90. The number of allylic oxidation sites excluding steroid dienone is 1. The zero-order valence-corrected chi connectivity index (χ0v) is 30.2. The Balaban J connectivity index is 1.02. The van der Waals surface area contributed by atoms with Crippen LogP contribution in [0.3, 0.4) is 0 Å². The summed E-state index contributed by atoms with van der Waals surface area (Å²) in [7, 11) is 4.32. The summed E-state index contributed by atoms with van der Waals surface area (Å²) in [5.41, 5.74) is 8.37. The van der Waals surface area contributed by atoms with Crippen molar-refractivity contribution in [2.24, 2.45) is 0 Å². The third-order valence-corrected chi connectivity index (χ3v) is 12.5. The zero-order valence-electron chi connectivity index (χ0n) is 28.6. The van der Waals surface area contributed by atoms with Gasteiger partial charge in [0.1, 0.15) is 11.7 Å². The lowest BCUT2D eigenvalue weighted by atomic mass is 9.81. The highest BCUT2D eigenvalue weighted by Gasteiger charge is 2.28. The molecule has 1 atom stereocenters. The smallest absolute Gasteiger partial charge is 0.140 e. The van der Waals surface area contributed by atoms with Gasteiger partial charge in [-0.2, -0.15) is 0 Å². The summed E-state index contributed by atoms with van der Waals surface area (Å²) in [6.07, 6.45) is 14.7. The normalized spacial score (nSPS) is 19.4. The van der Waals surface area contributed by atoms with Gasteiger partial charge in [-0.3, -0.25) is 15.5 Å². The molecule has 0 spiro atoms. The van der Waals surface area contributed by atoms with Crippen LogP contribution in [-0.4, -0.2) is 47.5 Å². The van der Waals surface area contributed by atoms with Gasteiger partial charge in [0, 0.05) is 64.8 Å². The SMILES string of the molecule is CNC1CC=C(c2cn(N(C)C3CCC(c4c[nH]c5ccc(NC(=N)c6cccs6)cc45)CC3)c3ccc(NC(=N)c4cccs4)cc23)CC1. The summed E-state index contributed by atoms with van der Waals surface area (Å²) in [4.78, 5) is 5.39. The first kappa shape index (κ1) is 32.6. The van der Waals surface area contributed by atoms with E-state index in [9.17, 15) is 0 Å². The molecular formula is C40H44N8S2. The number of rotatable bonds is 9. The molecule has 8 rings (SSSR count). The molecule has 4 heterocycles. The van der Waals surface area contributed by atoms with Crippen LogP contribution in [0, 0.1) is 10.8 Å². The molecule has 4 aromatic heterocycles. The first-order chi connectivity index (χ1) is 24.4. The van der Waals surface area contributed by atoms with Crippen molar-refractivity contribution in [2.45, 2.75) is 62.9 Å². The van der Waals surface area contributed by atoms with E-state index in [1.165, 1.54) is 33.0 Å². The van der Waals surface area contributed by atoms with Crippen molar-refractivity contribution < 1.29 is 0 Å². The fraction of sp³-hybridized carbons (Fsp3) is 0.300. The Hall–Kier alpha value is -4.64. The average molecular weight is 701 g/mol. The van der Waals surface area contributed by atoms with Crippen LogP contribution in [0.4, 0.5) is 11.4 Å². The highest BCUT2D eigenvalue weighted by atomic mass is 32.1. The lowest BCUT2D eigenvalue weighted by Crippen LogP contribution is -2.41. The molecule has 1 unspecified atom stereocenters. The quantitative estimate of drug-likeness (QED) is 0.0667. The number of fused-ring (bicyclic) bond motifs is 2. The van der Waals surface area contributed by atoms with Crippen LogP contribution in [0.25, 0.3) is 27.4 Å². The third-order valence-electron chi connectivity index (χ3n) is 10.7. The maximum Gasteiger partial charge on any atom is 0.140 e. The second-order valence-corrected chi connectivity index (χ2v) is 15.5. The molecule has 0 saturated heterocycles. The summed E-state index contributed by atoms with van der Waals surface area (Å²) >= 11 is 3.16. The molecule has 6 N–H and O–H groups in total. The summed E-state index contributed by atoms with van der Waals surface area (Å²) < 4.78 is 2.39. The van der Waals surface area contributed by atoms with Crippen LogP contribution >= 0.6 is 22.7 Å². The number of aromatic nitrogens is 2. The lowest BCUT2D eigenvalue weighted by Gasteiger charge is -2.37. The van der Waals surface area contributed by atoms with Gasteiger partial charge in [0.05, 0.1) is 15.3 Å². The van der Waals surface area contributed by atoms with Gasteiger partial charge in [-0.25, -0.2) is 0 Å². The van der Waals surface area contributed by atoms with Gasteiger partial charge in [0.25, 0.3) is 0 Å². The minimum Gasteiger partial charge on any atom is -0.361 e. The van der Waals surface area contributed by atoms with Crippen molar-refractivity contribution in [2.75, 3.05) is 29.7 Å². The minimum absolute atomic E-state index is 0.433. The Morgan fingerprint density at radius 1 is 0.860 bits per heavy atom. The van der Waals surface area contributed by atoms with E-state index in [1.807, 2.05) is 35.0 Å². The Morgan fingerprint density at radius 2 is 1.54 bits per heavy atom. The number of anilines is 2. The van der Waals surface area contributed by atoms with Crippen LogP contribution in [0.1, 0.15) is 71.7 Å². The summed E-state index contributed by atoms with van der Waals surface area (Å²) in [5.74, 6) is 1.37. The van der Waals surface area contributed by atoms with E-state index in [1.54, 1.807) is 22.7 Å². The number of H-pyrrole nitrogens is 1. The molecule has 0 aliphatic heterocycles. The molecule has 0 bridgehead atoms. The van der Waals surface area contributed by atoms with Crippen LogP contribution in [0.15, 0.2) is 89.9 Å². The van der Waals surface area contributed by atoms with Crippen molar-refractivity contribution in [1.82, 2.24) is 15.0 Å². The number of amidine groups is 2. The van der Waals surface area contributed by atoms with Crippen LogP contribution < -0.4 is 21.0 Å². The summed E-state index contributed by atoms with van der Waals surface area (Å²) in [6, 6.07) is 21.9. The molecule has 2 aliphatic rings. The third kappa shape index (κ3) is 6.39. The van der Waals surface area contributed by atoms with Gasteiger partial charge in [-0.05, 0) is 128 Å². The van der Waals surface area contributed by atoms with Crippen molar-refractivity contribution in [3.8, 4) is 0 Å². The van der Waals surface area contributed by atoms with Crippen molar-refractivity contribution in [3.05, 3.63) is 111 Å². The summed E-state index contributed by atoms with van der Waals surface area (Å²) in [5, 5.41) is 36.2. The monoisotopic (exact) mass is 700 g/mol. The Bertz CT molecular complexity index is 2160. The van der Waals surface area contributed by atoms with E-state index in [0.717, 1.165) is 71.6 Å². The zero-order chi connectivity index (χ0) is 34.2. The summed E-state index contributed by atoms with van der Waals surface area (Å²) in [6.45, 7) is 0. The Labute approximate surface area is 301 Å². The van der Waals surface area contributed by atoms with Gasteiger partial charge in [0.2, 0.25) is 0 Å². The first-order valence-electron chi connectivity index (χ1n) is 17.6. The molecule has 50 heavy (non-hydrogen) atoms. The lowest BCUT2D eigenvalue weighted by molar-refractivity contribution is 0.354. The van der Waals surface area contributed by atoms with Crippen LogP contribution in [-0.2, 0) is 0 Å². The fourth-order valence-corrected chi connectivity index (χ4v) is 9.16. The first-order valence-corrected chi connectivity index (χ1v) is 19.4. The largest absolute Gasteiger partial charge is 0.361 e. The van der Waals surface area contributed by atoms with Gasteiger partial charge in [0.15, 0.2) is 0 Å². The van der Waals surface area contributed by atoms with Crippen molar-refractivity contribution >= 4 is 73.1 Å². The van der Waals surface area contributed by atoms with Crippen LogP contribution in [0.2, 0.25) is 0 Å². The topological polar surface area (TPSA) is 108 Å². The molecule has 8 nitrogen and oxygen atoms in total. The average Bonchev–Trinajstić information content (AvgIpc) is 3.98. The van der Waals surface area contributed by atoms with Gasteiger partial charge in [-0.15, -0.1) is 22.7 Å². The number of hydrogen-bond acceptors (Lipinski definition) is 6. The predicted octanol–water partition coefficient (Wildman–Crippen LogP) is 9.57. The number of nitrogens with one attached hydrogen (secondary N) is 6. The molecule has 6 aromatic rings. The molecule has 2 aliphatic carbocycles. The molecular weight excluding hydrogens is 657 g/mol. The predicted molar refractivity (Wildman–Crippen MR) is 214 cm³/mol. The number of benzene rings is 2. The van der Waals surface area contributed by atoms with Crippen LogP contribution in [0.5, 0.6) is 0 Å². The second kappa shape index (κ2) is 13.9. The van der Waals surface area contributed by atoms with Crippen molar-refractivity contribution in [1.29, 1.82) is 10.8 Å². The Kier molecular flexibility index (Phi) is 9.07. The van der Waals surface area contributed by atoms with E-state index in [-0.39, 0.29) is 0 Å². The Morgan fingerprint density at radius 3 is 2.16 bits per heavy atom. The van der Waals surface area contributed by atoms with Gasteiger partial charge < -0.3 is 25.9 Å². The molecule has 1 fully saturated rings. The van der Waals surface area contributed by atoms with E-state index < -0.39 is 0 Å². The van der Waals surface area contributed by atoms with Crippen molar-refractivity contribution in [3.63, 3.8) is 0 Å². The molecule has 1 saturated carbocycles. The van der Waals surface area contributed by atoms with Gasteiger partial charge in [-0.1, -0.05) is 18.2 Å². The highest BCUT2D eigenvalue weighted by Crippen LogP contribution is 2.40. The van der Waals surface area contributed by atoms with E-state index in [2.05, 4.69) is 99.6 Å². The standard InChI is InChI=1S/C40H44N8S2/c1-43-27-11-7-26(8-12-27)34-24-48(36-18-14-29(22-32(34)36)46-40(42)38-6-4-20-50-38)47(2)30-15-9-25(10-16-30)33-23-44-35-17-13-28(21-31(33)35)45-39(41)37-5-3-19-49-37/h3-7,13-14,17-25,27,30,43-44H,8-12,15-16H2,1-2H3,(H2,41,45)(H2,42,46). The number of hydrogen-bond donors (Lipinski definition) is 6. The van der Waals surface area contributed by atoms with Gasteiger partial charge >= 0.3 is 0 Å². The van der Waals surface area contributed by atoms with E-state index in [4.69, 9.17) is 10.8 Å².